The number of aromatic nitrogens is 2. The Balaban J connectivity index is 1.71. The van der Waals surface area contributed by atoms with E-state index < -0.39 is 0 Å². The number of pyridine rings is 1. The molecule has 4 nitrogen and oxygen atoms in total. The van der Waals surface area contributed by atoms with E-state index in [2.05, 4.69) is 9.97 Å². The van der Waals surface area contributed by atoms with Gasteiger partial charge in [-0.15, -0.1) is 11.3 Å². The largest absolute Gasteiger partial charge is 0.426 e. The smallest absolute Gasteiger partial charge is 0.317 e. The van der Waals surface area contributed by atoms with Crippen molar-refractivity contribution in [3.05, 3.63) is 64.3 Å². The summed E-state index contributed by atoms with van der Waals surface area (Å²) >= 11 is 1.48. The minimum atomic E-state index is -0.303. The van der Waals surface area contributed by atoms with Crippen molar-refractivity contribution in [3.63, 3.8) is 0 Å². The number of hydrogen-bond acceptors (Lipinski definition) is 5. The number of aryl methyl sites for hydroxylation is 3. The van der Waals surface area contributed by atoms with Gasteiger partial charge in [0.25, 0.3) is 0 Å². The van der Waals surface area contributed by atoms with Gasteiger partial charge in [0.15, 0.2) is 0 Å². The van der Waals surface area contributed by atoms with Crippen LogP contribution in [-0.2, 0) is 11.2 Å². The van der Waals surface area contributed by atoms with Crippen LogP contribution in [0.1, 0.15) is 22.4 Å². The number of rotatable bonds is 4. The zero-order valence-electron chi connectivity index (χ0n) is 13.9. The Morgan fingerprint density at radius 2 is 1.92 bits per heavy atom. The van der Waals surface area contributed by atoms with Crippen LogP contribution in [0.25, 0.3) is 10.7 Å². The lowest BCUT2D eigenvalue weighted by Gasteiger charge is -2.11. The normalized spacial score (nSPS) is 10.6. The molecule has 0 unspecified atom stereocenters. The Labute approximate surface area is 145 Å². The van der Waals surface area contributed by atoms with E-state index >= 15 is 0 Å². The molecule has 0 amide bonds. The Kier molecular flexibility index (Phi) is 4.71. The van der Waals surface area contributed by atoms with Gasteiger partial charge in [0.05, 0.1) is 17.8 Å². The summed E-state index contributed by atoms with van der Waals surface area (Å²) in [5.41, 5.74) is 4.60. The molecule has 0 aliphatic heterocycles. The molecule has 0 N–H and O–H groups in total. The van der Waals surface area contributed by atoms with Gasteiger partial charge in [0, 0.05) is 11.6 Å². The summed E-state index contributed by atoms with van der Waals surface area (Å²) in [6.45, 7) is 5.93. The van der Waals surface area contributed by atoms with Crippen LogP contribution in [0, 0.1) is 20.8 Å². The monoisotopic (exact) mass is 338 g/mol. The molecule has 3 rings (SSSR count). The molecule has 0 aliphatic rings. The van der Waals surface area contributed by atoms with Crippen molar-refractivity contribution < 1.29 is 9.53 Å². The van der Waals surface area contributed by atoms with Crippen molar-refractivity contribution in [1.82, 2.24) is 9.97 Å². The SMILES string of the molecule is Cc1cc(C)c(OC(=O)Cc2csc(-c3ccccn3)n2)c(C)c1. The zero-order chi connectivity index (χ0) is 17.1. The molecule has 24 heavy (non-hydrogen) atoms. The lowest BCUT2D eigenvalue weighted by Crippen LogP contribution is -2.13. The van der Waals surface area contributed by atoms with Crippen molar-refractivity contribution in [2.75, 3.05) is 0 Å². The summed E-state index contributed by atoms with van der Waals surface area (Å²) in [7, 11) is 0. The molecule has 2 heterocycles. The van der Waals surface area contributed by atoms with E-state index in [0.29, 0.717) is 11.4 Å². The van der Waals surface area contributed by atoms with E-state index in [-0.39, 0.29) is 12.4 Å². The van der Waals surface area contributed by atoms with E-state index in [0.717, 1.165) is 27.4 Å². The highest BCUT2D eigenvalue weighted by Crippen LogP contribution is 2.26. The summed E-state index contributed by atoms with van der Waals surface area (Å²) in [5.74, 6) is 0.341. The van der Waals surface area contributed by atoms with Crippen molar-refractivity contribution >= 4 is 17.3 Å². The molecule has 0 atom stereocenters. The van der Waals surface area contributed by atoms with Gasteiger partial charge in [-0.2, -0.15) is 0 Å². The molecule has 0 fully saturated rings. The number of ether oxygens (including phenoxy) is 1. The number of benzene rings is 1. The van der Waals surface area contributed by atoms with Crippen LogP contribution in [0.3, 0.4) is 0 Å². The minimum absolute atomic E-state index is 0.149. The van der Waals surface area contributed by atoms with Crippen LogP contribution in [-0.4, -0.2) is 15.9 Å². The number of thiazole rings is 1. The second-order valence-corrected chi connectivity index (χ2v) is 6.60. The van der Waals surface area contributed by atoms with Crippen LogP contribution in [0.2, 0.25) is 0 Å². The first kappa shape index (κ1) is 16.3. The van der Waals surface area contributed by atoms with Crippen molar-refractivity contribution in [2.24, 2.45) is 0 Å². The second kappa shape index (κ2) is 6.93. The molecular formula is C19H18N2O2S. The maximum Gasteiger partial charge on any atom is 0.317 e. The topological polar surface area (TPSA) is 52.1 Å². The molecule has 3 aromatic rings. The first-order chi connectivity index (χ1) is 11.5. The van der Waals surface area contributed by atoms with Gasteiger partial charge >= 0.3 is 5.97 Å². The van der Waals surface area contributed by atoms with Gasteiger partial charge in [-0.3, -0.25) is 9.78 Å². The Bertz CT molecular complexity index is 849. The standard InChI is InChI=1S/C19H18N2O2S/c1-12-8-13(2)18(14(3)9-12)23-17(22)10-15-11-24-19(21-15)16-6-4-5-7-20-16/h4-9,11H,10H2,1-3H3. The summed E-state index contributed by atoms with van der Waals surface area (Å²) in [5, 5.41) is 2.68. The third-order valence-electron chi connectivity index (χ3n) is 3.58. The van der Waals surface area contributed by atoms with Gasteiger partial charge < -0.3 is 4.74 Å². The van der Waals surface area contributed by atoms with E-state index in [9.17, 15) is 4.79 Å². The van der Waals surface area contributed by atoms with E-state index in [1.54, 1.807) is 6.20 Å². The van der Waals surface area contributed by atoms with Gasteiger partial charge in [-0.05, 0) is 44.0 Å². The van der Waals surface area contributed by atoms with E-state index in [4.69, 9.17) is 4.74 Å². The summed E-state index contributed by atoms with van der Waals surface area (Å²) in [4.78, 5) is 21.0. The highest BCUT2D eigenvalue weighted by atomic mass is 32.1. The van der Waals surface area contributed by atoms with Crippen molar-refractivity contribution in [3.8, 4) is 16.5 Å². The average molecular weight is 338 g/mol. The van der Waals surface area contributed by atoms with Crippen LogP contribution in [0.5, 0.6) is 5.75 Å². The second-order valence-electron chi connectivity index (χ2n) is 5.74. The third-order valence-corrected chi connectivity index (χ3v) is 4.50. The predicted molar refractivity (Wildman–Crippen MR) is 95.3 cm³/mol. The molecule has 0 saturated carbocycles. The lowest BCUT2D eigenvalue weighted by atomic mass is 10.1. The van der Waals surface area contributed by atoms with Crippen LogP contribution >= 0.6 is 11.3 Å². The quantitative estimate of drug-likeness (QED) is 0.526. The summed E-state index contributed by atoms with van der Waals surface area (Å²) < 4.78 is 5.56. The fourth-order valence-corrected chi connectivity index (χ4v) is 3.42. The van der Waals surface area contributed by atoms with Crippen LogP contribution < -0.4 is 4.74 Å². The van der Waals surface area contributed by atoms with Gasteiger partial charge in [-0.25, -0.2) is 4.98 Å². The minimum Gasteiger partial charge on any atom is -0.426 e. The average Bonchev–Trinajstić information content (AvgIpc) is 3.00. The predicted octanol–water partition coefficient (Wildman–Crippen LogP) is 4.28. The zero-order valence-corrected chi connectivity index (χ0v) is 14.7. The summed E-state index contributed by atoms with van der Waals surface area (Å²) in [6, 6.07) is 9.71. The number of carbonyl (C=O) groups excluding carboxylic acids is 1. The fourth-order valence-electron chi connectivity index (χ4n) is 2.62. The van der Waals surface area contributed by atoms with Crippen LogP contribution in [0.4, 0.5) is 0 Å². The van der Waals surface area contributed by atoms with Gasteiger partial charge in [0.1, 0.15) is 10.8 Å². The molecule has 0 aliphatic carbocycles. The van der Waals surface area contributed by atoms with E-state index in [1.807, 2.05) is 56.5 Å². The number of esters is 1. The maximum absolute atomic E-state index is 12.2. The van der Waals surface area contributed by atoms with Crippen molar-refractivity contribution in [2.45, 2.75) is 27.2 Å². The lowest BCUT2D eigenvalue weighted by molar-refractivity contribution is -0.133. The Morgan fingerprint density at radius 3 is 2.58 bits per heavy atom. The molecule has 122 valence electrons. The van der Waals surface area contributed by atoms with Crippen LogP contribution in [0.15, 0.2) is 41.9 Å². The van der Waals surface area contributed by atoms with E-state index in [1.165, 1.54) is 11.3 Å². The molecule has 0 radical (unpaired) electrons. The molecular weight excluding hydrogens is 320 g/mol. The molecule has 2 aromatic heterocycles. The summed E-state index contributed by atoms with van der Waals surface area (Å²) in [6.07, 6.45) is 1.88. The Hall–Kier alpha value is -2.53. The molecule has 0 bridgehead atoms. The first-order valence-corrected chi connectivity index (χ1v) is 8.55. The molecule has 1 aromatic carbocycles. The highest BCUT2D eigenvalue weighted by molar-refractivity contribution is 7.13. The third kappa shape index (κ3) is 3.68. The molecule has 5 heteroatoms. The van der Waals surface area contributed by atoms with Gasteiger partial charge in [-0.1, -0.05) is 23.8 Å². The number of hydrogen-bond donors (Lipinski definition) is 0. The number of carbonyl (C=O) groups is 1. The fraction of sp³-hybridized carbons (Fsp3) is 0.211. The van der Waals surface area contributed by atoms with Crippen molar-refractivity contribution in [1.29, 1.82) is 0 Å². The Morgan fingerprint density at radius 1 is 1.17 bits per heavy atom. The first-order valence-electron chi connectivity index (χ1n) is 7.67. The maximum atomic E-state index is 12.2. The number of nitrogens with zero attached hydrogens (tertiary/aromatic N) is 2. The molecule has 0 spiro atoms. The highest BCUT2D eigenvalue weighted by Gasteiger charge is 2.14. The molecule has 0 saturated heterocycles. The van der Waals surface area contributed by atoms with Gasteiger partial charge in [0.2, 0.25) is 0 Å².